The molecule has 0 unspecified atom stereocenters. The summed E-state index contributed by atoms with van der Waals surface area (Å²) in [5.74, 6) is 0.691. The van der Waals surface area contributed by atoms with Crippen LogP contribution in [0.4, 0.5) is 0 Å². The molecule has 1 aliphatic heterocycles. The van der Waals surface area contributed by atoms with Crippen LogP contribution in [0.1, 0.15) is 30.0 Å². The summed E-state index contributed by atoms with van der Waals surface area (Å²) in [6.07, 6.45) is 7.30. The number of rotatable bonds is 4. The molecule has 4 rings (SSSR count). The van der Waals surface area contributed by atoms with Gasteiger partial charge in [-0.1, -0.05) is 36.0 Å². The Bertz CT molecular complexity index is 693. The van der Waals surface area contributed by atoms with E-state index in [1.54, 1.807) is 11.8 Å². The minimum atomic E-state index is 0.213. The summed E-state index contributed by atoms with van der Waals surface area (Å²) in [6, 6.07) is 9.03. The fourth-order valence-corrected chi connectivity index (χ4v) is 3.90. The second-order valence-electron chi connectivity index (χ2n) is 5.97. The van der Waals surface area contributed by atoms with Crippen LogP contribution in [0.2, 0.25) is 0 Å². The van der Waals surface area contributed by atoms with E-state index in [0.29, 0.717) is 11.8 Å². The van der Waals surface area contributed by atoms with Gasteiger partial charge in [-0.05, 0) is 30.4 Å². The van der Waals surface area contributed by atoms with Gasteiger partial charge in [0.05, 0.1) is 5.75 Å². The lowest BCUT2D eigenvalue weighted by Crippen LogP contribution is -2.37. The van der Waals surface area contributed by atoms with Crippen molar-refractivity contribution >= 4 is 17.7 Å². The molecule has 2 aliphatic rings. The number of aromatic nitrogens is 2. The van der Waals surface area contributed by atoms with Gasteiger partial charge in [0.25, 0.3) is 0 Å². The van der Waals surface area contributed by atoms with Gasteiger partial charge in [0.2, 0.25) is 5.91 Å². The summed E-state index contributed by atoms with van der Waals surface area (Å²) < 4.78 is 2.21. The Hall–Kier alpha value is -1.75. The molecule has 1 aromatic heterocycles. The van der Waals surface area contributed by atoms with Gasteiger partial charge in [-0.25, -0.2) is 4.98 Å². The zero-order chi connectivity index (χ0) is 14.9. The van der Waals surface area contributed by atoms with Crippen LogP contribution in [0, 0.1) is 0 Å². The lowest BCUT2D eigenvalue weighted by atomic mass is 10.00. The van der Waals surface area contributed by atoms with Crippen molar-refractivity contribution in [3.05, 3.63) is 47.8 Å². The van der Waals surface area contributed by atoms with Crippen molar-refractivity contribution in [2.75, 3.05) is 12.3 Å². The molecular weight excluding hydrogens is 294 g/mol. The third kappa shape index (κ3) is 2.77. The largest absolute Gasteiger partial charge is 0.337 e. The molecule has 0 N–H and O–H groups in total. The summed E-state index contributed by atoms with van der Waals surface area (Å²) in [7, 11) is 0. The first kappa shape index (κ1) is 13.9. The molecule has 1 aliphatic carbocycles. The maximum absolute atomic E-state index is 12.5. The lowest BCUT2D eigenvalue weighted by Gasteiger charge is -2.28. The van der Waals surface area contributed by atoms with Crippen LogP contribution in [-0.2, 0) is 17.8 Å². The molecule has 2 aromatic rings. The molecule has 0 radical (unpaired) electrons. The number of nitrogens with zero attached hydrogens (tertiary/aromatic N) is 3. The summed E-state index contributed by atoms with van der Waals surface area (Å²) in [6.45, 7) is 1.57. The van der Waals surface area contributed by atoms with E-state index in [1.165, 1.54) is 24.0 Å². The van der Waals surface area contributed by atoms with Crippen molar-refractivity contribution in [1.29, 1.82) is 0 Å². The van der Waals surface area contributed by atoms with E-state index in [1.807, 2.05) is 23.4 Å². The molecule has 0 atom stereocenters. The number of hydrogen-bond donors (Lipinski definition) is 0. The predicted octanol–water partition coefficient (Wildman–Crippen LogP) is 2.90. The van der Waals surface area contributed by atoms with Crippen molar-refractivity contribution in [2.24, 2.45) is 0 Å². The van der Waals surface area contributed by atoms with Gasteiger partial charge in [-0.3, -0.25) is 4.79 Å². The van der Waals surface area contributed by atoms with Gasteiger partial charge in [0, 0.05) is 31.5 Å². The average molecular weight is 313 g/mol. The van der Waals surface area contributed by atoms with E-state index in [9.17, 15) is 4.79 Å². The second kappa shape index (κ2) is 5.80. The van der Waals surface area contributed by atoms with Crippen LogP contribution in [0.25, 0.3) is 0 Å². The number of carbonyl (C=O) groups is 1. The van der Waals surface area contributed by atoms with Crippen molar-refractivity contribution < 1.29 is 4.79 Å². The molecule has 1 saturated carbocycles. The predicted molar refractivity (Wildman–Crippen MR) is 86.8 cm³/mol. The molecular formula is C17H19N3OS. The molecule has 22 heavy (non-hydrogen) atoms. The van der Waals surface area contributed by atoms with Gasteiger partial charge in [0.1, 0.15) is 0 Å². The highest BCUT2D eigenvalue weighted by Crippen LogP contribution is 2.37. The fourth-order valence-electron chi connectivity index (χ4n) is 2.97. The second-order valence-corrected chi connectivity index (χ2v) is 6.91. The lowest BCUT2D eigenvalue weighted by molar-refractivity contribution is -0.129. The maximum atomic E-state index is 12.5. The topological polar surface area (TPSA) is 38.1 Å². The van der Waals surface area contributed by atoms with Gasteiger partial charge < -0.3 is 9.47 Å². The molecule has 1 amide bonds. The number of carbonyl (C=O) groups excluding carboxylic acids is 1. The average Bonchev–Trinajstić information content (AvgIpc) is 3.30. The normalized spacial score (nSPS) is 17.4. The molecule has 114 valence electrons. The molecule has 0 spiro atoms. The Balaban J connectivity index is 1.38. The van der Waals surface area contributed by atoms with Gasteiger partial charge >= 0.3 is 0 Å². The quantitative estimate of drug-likeness (QED) is 0.815. The third-order valence-electron chi connectivity index (χ3n) is 4.38. The summed E-state index contributed by atoms with van der Waals surface area (Å²) >= 11 is 1.57. The number of amides is 1. The van der Waals surface area contributed by atoms with Gasteiger partial charge in [0.15, 0.2) is 5.16 Å². The Kier molecular flexibility index (Phi) is 3.66. The zero-order valence-corrected chi connectivity index (χ0v) is 13.3. The number of hydrogen-bond acceptors (Lipinski definition) is 3. The molecule has 1 aromatic carbocycles. The molecule has 4 nitrogen and oxygen atoms in total. The van der Waals surface area contributed by atoms with E-state index in [4.69, 9.17) is 0 Å². The summed E-state index contributed by atoms with van der Waals surface area (Å²) in [5.41, 5.74) is 2.66. The van der Waals surface area contributed by atoms with Crippen LogP contribution < -0.4 is 0 Å². The summed E-state index contributed by atoms with van der Waals surface area (Å²) in [4.78, 5) is 18.8. The van der Waals surface area contributed by atoms with Crippen molar-refractivity contribution in [2.45, 2.75) is 37.0 Å². The van der Waals surface area contributed by atoms with Crippen LogP contribution in [0.15, 0.2) is 41.8 Å². The minimum absolute atomic E-state index is 0.213. The standard InChI is InChI=1S/C17H19N3OS/c21-16(12-22-17-18-8-10-20(17)15-5-6-15)19-9-7-13-3-1-2-4-14(13)11-19/h1-4,8,10,15H,5-7,9,11-12H2. The Labute approximate surface area is 134 Å². The number of benzene rings is 1. The number of thioether (sulfide) groups is 1. The highest BCUT2D eigenvalue weighted by atomic mass is 32.2. The smallest absolute Gasteiger partial charge is 0.233 e. The Morgan fingerprint density at radius 3 is 2.91 bits per heavy atom. The molecule has 0 bridgehead atoms. The van der Waals surface area contributed by atoms with E-state index < -0.39 is 0 Å². The highest BCUT2D eigenvalue weighted by molar-refractivity contribution is 7.99. The summed E-state index contributed by atoms with van der Waals surface area (Å²) in [5, 5.41) is 0.980. The van der Waals surface area contributed by atoms with Crippen LogP contribution >= 0.6 is 11.8 Å². The van der Waals surface area contributed by atoms with Crippen LogP contribution in [0.3, 0.4) is 0 Å². The first-order chi connectivity index (χ1) is 10.8. The highest BCUT2D eigenvalue weighted by Gasteiger charge is 2.26. The fraction of sp³-hybridized carbons (Fsp3) is 0.412. The first-order valence-electron chi connectivity index (χ1n) is 7.81. The molecule has 1 fully saturated rings. The van der Waals surface area contributed by atoms with Gasteiger partial charge in [-0.2, -0.15) is 0 Å². The van der Waals surface area contributed by atoms with E-state index in [2.05, 4.69) is 27.8 Å². The molecule has 0 saturated heterocycles. The van der Waals surface area contributed by atoms with Crippen molar-refractivity contribution in [3.8, 4) is 0 Å². The first-order valence-corrected chi connectivity index (χ1v) is 8.80. The van der Waals surface area contributed by atoms with Gasteiger partial charge in [-0.15, -0.1) is 0 Å². The van der Waals surface area contributed by atoms with Crippen LogP contribution in [0.5, 0.6) is 0 Å². The number of fused-ring (bicyclic) bond motifs is 1. The zero-order valence-electron chi connectivity index (χ0n) is 12.4. The van der Waals surface area contributed by atoms with Crippen molar-refractivity contribution in [3.63, 3.8) is 0 Å². The molecule has 5 heteroatoms. The number of imidazole rings is 1. The Morgan fingerprint density at radius 1 is 1.27 bits per heavy atom. The van der Waals surface area contributed by atoms with Crippen LogP contribution in [-0.4, -0.2) is 32.7 Å². The van der Waals surface area contributed by atoms with E-state index in [-0.39, 0.29) is 5.91 Å². The molecule has 2 heterocycles. The van der Waals surface area contributed by atoms with Crippen molar-refractivity contribution in [1.82, 2.24) is 14.5 Å². The third-order valence-corrected chi connectivity index (χ3v) is 5.35. The SMILES string of the molecule is O=C(CSc1nccn1C1CC1)N1CCc2ccccc2C1. The Morgan fingerprint density at radius 2 is 2.09 bits per heavy atom. The monoisotopic (exact) mass is 313 g/mol. The maximum Gasteiger partial charge on any atom is 0.233 e. The van der Waals surface area contributed by atoms with E-state index >= 15 is 0 Å². The van der Waals surface area contributed by atoms with E-state index in [0.717, 1.165) is 24.7 Å². The minimum Gasteiger partial charge on any atom is -0.337 e.